The van der Waals surface area contributed by atoms with Gasteiger partial charge >= 0.3 is 0 Å². The zero-order valence-electron chi connectivity index (χ0n) is 12.6. The summed E-state index contributed by atoms with van der Waals surface area (Å²) in [5.41, 5.74) is 2.67. The summed E-state index contributed by atoms with van der Waals surface area (Å²) in [4.78, 5) is 11.8. The van der Waals surface area contributed by atoms with Crippen LogP contribution in [0.15, 0.2) is 6.20 Å². The van der Waals surface area contributed by atoms with E-state index in [4.69, 9.17) is 4.98 Å². The van der Waals surface area contributed by atoms with Gasteiger partial charge in [-0.25, -0.2) is 9.97 Å². The smallest absolute Gasteiger partial charge is 0.225 e. The molecule has 0 radical (unpaired) electrons. The third kappa shape index (κ3) is 3.11. The summed E-state index contributed by atoms with van der Waals surface area (Å²) >= 11 is 0. The summed E-state index contributed by atoms with van der Waals surface area (Å²) in [5.74, 6) is 1.72. The second-order valence-electron chi connectivity index (χ2n) is 6.11. The van der Waals surface area contributed by atoms with E-state index in [1.54, 1.807) is 0 Å². The zero-order valence-corrected chi connectivity index (χ0v) is 12.6. The first-order chi connectivity index (χ1) is 9.86. The molecule has 0 amide bonds. The minimum atomic E-state index is 0.756. The summed E-state index contributed by atoms with van der Waals surface area (Å²) in [6.07, 6.45) is 9.53. The van der Waals surface area contributed by atoms with E-state index in [1.807, 2.05) is 0 Å². The molecule has 0 saturated carbocycles. The van der Waals surface area contributed by atoms with Crippen LogP contribution in [0.25, 0.3) is 0 Å². The quantitative estimate of drug-likeness (QED) is 0.913. The van der Waals surface area contributed by atoms with Crippen LogP contribution in [0.4, 0.5) is 5.95 Å². The number of nitrogens with one attached hydrogen (secondary N) is 1. The van der Waals surface area contributed by atoms with Gasteiger partial charge in [0.2, 0.25) is 5.95 Å². The number of hydrogen-bond acceptors (Lipinski definition) is 4. The molecule has 2 aliphatic rings. The van der Waals surface area contributed by atoms with Crippen molar-refractivity contribution in [3.05, 3.63) is 17.5 Å². The van der Waals surface area contributed by atoms with E-state index in [0.29, 0.717) is 0 Å². The van der Waals surface area contributed by atoms with Crippen LogP contribution in [0.1, 0.15) is 43.9 Å². The van der Waals surface area contributed by atoms with Gasteiger partial charge in [-0.3, -0.25) is 0 Å². The van der Waals surface area contributed by atoms with Crippen molar-refractivity contribution in [2.45, 2.75) is 45.4 Å². The van der Waals surface area contributed by atoms with E-state index in [9.17, 15) is 0 Å². The van der Waals surface area contributed by atoms with Crippen molar-refractivity contribution in [3.63, 3.8) is 0 Å². The molecule has 0 aromatic carbocycles. The summed E-state index contributed by atoms with van der Waals surface area (Å²) in [6.45, 7) is 6.62. The average Bonchev–Trinajstić information content (AvgIpc) is 2.53. The molecule has 110 valence electrons. The molecule has 20 heavy (non-hydrogen) atoms. The molecule has 1 atom stereocenters. The van der Waals surface area contributed by atoms with Gasteiger partial charge in [0.25, 0.3) is 0 Å². The molecule has 1 aliphatic carbocycles. The predicted octanol–water partition coefficient (Wildman–Crippen LogP) is 2.18. The van der Waals surface area contributed by atoms with Crippen LogP contribution in [0.2, 0.25) is 0 Å². The van der Waals surface area contributed by atoms with Crippen LogP contribution in [-0.4, -0.2) is 36.1 Å². The molecule has 1 unspecified atom stereocenters. The second-order valence-corrected chi connectivity index (χ2v) is 6.11. The number of rotatable bonds is 4. The van der Waals surface area contributed by atoms with E-state index in [0.717, 1.165) is 50.9 Å². The third-order valence-corrected chi connectivity index (χ3v) is 4.56. The van der Waals surface area contributed by atoms with Crippen molar-refractivity contribution >= 4 is 5.95 Å². The topological polar surface area (TPSA) is 41.1 Å². The largest absolute Gasteiger partial charge is 0.341 e. The standard InChI is InChI=1S/C16H26N4/c1-2-17-11-13-6-7-15-14(10-13)12-18-16(19-15)20-8-4-3-5-9-20/h12-13,17H,2-11H2,1H3. The highest BCUT2D eigenvalue weighted by Crippen LogP contribution is 2.25. The first-order valence-corrected chi connectivity index (χ1v) is 8.17. The van der Waals surface area contributed by atoms with Crippen molar-refractivity contribution in [2.75, 3.05) is 31.1 Å². The van der Waals surface area contributed by atoms with Gasteiger partial charge in [0.15, 0.2) is 0 Å². The lowest BCUT2D eigenvalue weighted by molar-refractivity contribution is 0.424. The number of fused-ring (bicyclic) bond motifs is 1. The summed E-state index contributed by atoms with van der Waals surface area (Å²) in [6, 6.07) is 0. The minimum absolute atomic E-state index is 0.756. The monoisotopic (exact) mass is 274 g/mol. The van der Waals surface area contributed by atoms with Gasteiger partial charge in [0.05, 0.1) is 0 Å². The Morgan fingerprint density at radius 3 is 2.95 bits per heavy atom. The lowest BCUT2D eigenvalue weighted by Crippen LogP contribution is -2.32. The van der Waals surface area contributed by atoms with Crippen molar-refractivity contribution < 1.29 is 0 Å². The van der Waals surface area contributed by atoms with Crippen molar-refractivity contribution in [3.8, 4) is 0 Å². The molecule has 1 saturated heterocycles. The van der Waals surface area contributed by atoms with Gasteiger partial charge in [-0.1, -0.05) is 6.92 Å². The fourth-order valence-corrected chi connectivity index (χ4v) is 3.34. The second kappa shape index (κ2) is 6.53. The van der Waals surface area contributed by atoms with E-state index < -0.39 is 0 Å². The van der Waals surface area contributed by atoms with Gasteiger partial charge in [-0.2, -0.15) is 0 Å². The summed E-state index contributed by atoms with van der Waals surface area (Å²) in [5, 5.41) is 3.46. The Morgan fingerprint density at radius 1 is 1.30 bits per heavy atom. The van der Waals surface area contributed by atoms with Gasteiger partial charge < -0.3 is 10.2 Å². The molecule has 0 bridgehead atoms. The summed E-state index contributed by atoms with van der Waals surface area (Å²) in [7, 11) is 0. The molecular formula is C16H26N4. The Kier molecular flexibility index (Phi) is 4.51. The van der Waals surface area contributed by atoms with Crippen LogP contribution < -0.4 is 10.2 Å². The summed E-state index contributed by atoms with van der Waals surface area (Å²) < 4.78 is 0. The molecule has 1 aromatic rings. The van der Waals surface area contributed by atoms with E-state index in [1.165, 1.54) is 36.9 Å². The molecule has 4 heteroatoms. The number of nitrogens with zero attached hydrogens (tertiary/aromatic N) is 3. The molecule has 4 nitrogen and oxygen atoms in total. The van der Waals surface area contributed by atoms with Crippen LogP contribution >= 0.6 is 0 Å². The van der Waals surface area contributed by atoms with Crippen LogP contribution in [0.3, 0.4) is 0 Å². The normalized spacial score (nSPS) is 22.6. The number of piperidine rings is 1. The van der Waals surface area contributed by atoms with E-state index >= 15 is 0 Å². The molecular weight excluding hydrogens is 248 g/mol. The van der Waals surface area contributed by atoms with Crippen LogP contribution in [-0.2, 0) is 12.8 Å². The molecule has 0 spiro atoms. The lowest BCUT2D eigenvalue weighted by atomic mass is 9.87. The maximum Gasteiger partial charge on any atom is 0.225 e. The first kappa shape index (κ1) is 13.8. The molecule has 1 aliphatic heterocycles. The van der Waals surface area contributed by atoms with E-state index in [-0.39, 0.29) is 0 Å². The minimum Gasteiger partial charge on any atom is -0.341 e. The highest BCUT2D eigenvalue weighted by atomic mass is 15.2. The predicted molar refractivity (Wildman–Crippen MR) is 82.2 cm³/mol. The van der Waals surface area contributed by atoms with Crippen molar-refractivity contribution in [1.82, 2.24) is 15.3 Å². The Hall–Kier alpha value is -1.16. The third-order valence-electron chi connectivity index (χ3n) is 4.56. The maximum absolute atomic E-state index is 4.85. The lowest BCUT2D eigenvalue weighted by Gasteiger charge is -2.29. The molecule has 1 N–H and O–H groups in total. The zero-order chi connectivity index (χ0) is 13.8. The fourth-order valence-electron chi connectivity index (χ4n) is 3.34. The van der Waals surface area contributed by atoms with Gasteiger partial charge in [-0.15, -0.1) is 0 Å². The maximum atomic E-state index is 4.85. The molecule has 2 heterocycles. The van der Waals surface area contributed by atoms with Crippen LogP contribution in [0, 0.1) is 5.92 Å². The highest BCUT2D eigenvalue weighted by molar-refractivity contribution is 5.34. The number of anilines is 1. The Morgan fingerprint density at radius 2 is 2.15 bits per heavy atom. The molecule has 1 fully saturated rings. The molecule has 1 aromatic heterocycles. The van der Waals surface area contributed by atoms with Crippen molar-refractivity contribution in [1.29, 1.82) is 0 Å². The van der Waals surface area contributed by atoms with Gasteiger partial charge in [0.1, 0.15) is 0 Å². The first-order valence-electron chi connectivity index (χ1n) is 8.17. The number of hydrogen-bond donors (Lipinski definition) is 1. The Labute approximate surface area is 122 Å². The highest BCUT2D eigenvalue weighted by Gasteiger charge is 2.21. The number of aryl methyl sites for hydroxylation is 1. The van der Waals surface area contributed by atoms with Crippen molar-refractivity contribution in [2.24, 2.45) is 5.92 Å². The SMILES string of the molecule is CCNCC1CCc2nc(N3CCCCC3)ncc2C1. The van der Waals surface area contributed by atoms with Gasteiger partial charge in [-0.05, 0) is 63.1 Å². The molecule has 3 rings (SSSR count). The van der Waals surface area contributed by atoms with E-state index in [2.05, 4.69) is 28.3 Å². The van der Waals surface area contributed by atoms with Crippen LogP contribution in [0.5, 0.6) is 0 Å². The van der Waals surface area contributed by atoms with Gasteiger partial charge in [0, 0.05) is 25.0 Å². The Bertz CT molecular complexity index is 440. The number of aromatic nitrogens is 2. The Balaban J connectivity index is 1.68. The average molecular weight is 274 g/mol. The fraction of sp³-hybridized carbons (Fsp3) is 0.750.